The number of nitrogens with zero attached hydrogens (tertiary/aromatic N) is 1. The van der Waals surface area contributed by atoms with Crippen LogP contribution in [-0.2, 0) is 21.3 Å². The molecule has 1 aliphatic heterocycles. The summed E-state index contributed by atoms with van der Waals surface area (Å²) in [4.78, 5) is 13.3. The first-order chi connectivity index (χ1) is 10.9. The topological polar surface area (TPSA) is 63.7 Å². The first-order valence-electron chi connectivity index (χ1n) is 7.29. The standard InChI is InChI=1S/C17H17NO4S/c1-12-3-5-15(6-4-12)22-23(20,21)16-7-8-17-14(11-16)9-10-18(17)13(2)19/h3-8,11H,9-10H2,1-2H3. The Balaban J connectivity index is 1.89. The van der Waals surface area contributed by atoms with Crippen LogP contribution in [0.15, 0.2) is 47.4 Å². The monoisotopic (exact) mass is 331 g/mol. The van der Waals surface area contributed by atoms with Gasteiger partial charge in [-0.2, -0.15) is 8.42 Å². The molecule has 1 aliphatic rings. The van der Waals surface area contributed by atoms with E-state index in [4.69, 9.17) is 4.18 Å². The Morgan fingerprint density at radius 1 is 1.13 bits per heavy atom. The molecule has 0 aromatic heterocycles. The van der Waals surface area contributed by atoms with Gasteiger partial charge in [0.15, 0.2) is 0 Å². The van der Waals surface area contributed by atoms with E-state index < -0.39 is 10.1 Å². The average molecular weight is 331 g/mol. The van der Waals surface area contributed by atoms with Gasteiger partial charge in [-0.15, -0.1) is 0 Å². The molecule has 2 aromatic rings. The molecule has 0 bridgehead atoms. The summed E-state index contributed by atoms with van der Waals surface area (Å²) < 4.78 is 30.0. The molecule has 3 rings (SSSR count). The molecule has 120 valence electrons. The summed E-state index contributed by atoms with van der Waals surface area (Å²) >= 11 is 0. The van der Waals surface area contributed by atoms with E-state index >= 15 is 0 Å². The summed E-state index contributed by atoms with van der Waals surface area (Å²) in [6, 6.07) is 11.5. The molecule has 0 unspecified atom stereocenters. The molecule has 0 spiro atoms. The van der Waals surface area contributed by atoms with Gasteiger partial charge in [-0.25, -0.2) is 0 Å². The maximum absolute atomic E-state index is 12.4. The van der Waals surface area contributed by atoms with Gasteiger partial charge in [0.1, 0.15) is 10.6 Å². The molecule has 0 radical (unpaired) electrons. The summed E-state index contributed by atoms with van der Waals surface area (Å²) in [5, 5.41) is 0. The van der Waals surface area contributed by atoms with Crippen LogP contribution in [0.4, 0.5) is 5.69 Å². The van der Waals surface area contributed by atoms with Crippen LogP contribution in [0, 0.1) is 6.92 Å². The number of carbonyl (C=O) groups excluding carboxylic acids is 1. The van der Waals surface area contributed by atoms with Crippen LogP contribution >= 0.6 is 0 Å². The van der Waals surface area contributed by atoms with Crippen molar-refractivity contribution in [2.45, 2.75) is 25.2 Å². The van der Waals surface area contributed by atoms with E-state index in [-0.39, 0.29) is 16.6 Å². The number of hydrogen-bond donors (Lipinski definition) is 0. The van der Waals surface area contributed by atoms with E-state index in [0.29, 0.717) is 13.0 Å². The van der Waals surface area contributed by atoms with Gasteiger partial charge < -0.3 is 9.08 Å². The number of fused-ring (bicyclic) bond motifs is 1. The first-order valence-corrected chi connectivity index (χ1v) is 8.70. The van der Waals surface area contributed by atoms with Crippen molar-refractivity contribution < 1.29 is 17.4 Å². The molecule has 0 fully saturated rings. The first kappa shape index (κ1) is 15.6. The van der Waals surface area contributed by atoms with E-state index in [1.165, 1.54) is 13.0 Å². The van der Waals surface area contributed by atoms with Crippen LogP contribution in [0.2, 0.25) is 0 Å². The zero-order chi connectivity index (χ0) is 16.6. The molecule has 1 amide bonds. The lowest BCUT2D eigenvalue weighted by molar-refractivity contribution is -0.116. The van der Waals surface area contributed by atoms with Gasteiger partial charge in [-0.1, -0.05) is 17.7 Å². The number of anilines is 1. The second kappa shape index (κ2) is 5.70. The van der Waals surface area contributed by atoms with E-state index in [2.05, 4.69) is 0 Å². The SMILES string of the molecule is CC(=O)N1CCc2cc(S(=O)(=O)Oc3ccc(C)cc3)ccc21. The number of benzene rings is 2. The van der Waals surface area contributed by atoms with Gasteiger partial charge in [0.05, 0.1) is 0 Å². The van der Waals surface area contributed by atoms with Crippen LogP contribution < -0.4 is 9.08 Å². The maximum atomic E-state index is 12.4. The van der Waals surface area contributed by atoms with Gasteiger partial charge in [-0.3, -0.25) is 4.79 Å². The van der Waals surface area contributed by atoms with Crippen LogP contribution in [-0.4, -0.2) is 20.9 Å². The number of aryl methyl sites for hydroxylation is 1. The second-order valence-electron chi connectivity index (χ2n) is 5.56. The zero-order valence-electron chi connectivity index (χ0n) is 12.9. The minimum atomic E-state index is -3.89. The summed E-state index contributed by atoms with van der Waals surface area (Å²) in [7, 11) is -3.89. The zero-order valence-corrected chi connectivity index (χ0v) is 13.8. The quantitative estimate of drug-likeness (QED) is 0.811. The predicted molar refractivity (Wildman–Crippen MR) is 87.2 cm³/mol. The van der Waals surface area contributed by atoms with Crippen molar-refractivity contribution in [3.05, 3.63) is 53.6 Å². The average Bonchev–Trinajstić information content (AvgIpc) is 2.92. The lowest BCUT2D eigenvalue weighted by Crippen LogP contribution is -2.25. The Bertz CT molecular complexity index is 857. The van der Waals surface area contributed by atoms with Crippen molar-refractivity contribution >= 4 is 21.7 Å². The van der Waals surface area contributed by atoms with Gasteiger partial charge in [-0.05, 0) is 49.2 Å². The van der Waals surface area contributed by atoms with E-state index in [0.717, 1.165) is 16.8 Å². The summed E-state index contributed by atoms with van der Waals surface area (Å²) in [5.41, 5.74) is 2.64. The maximum Gasteiger partial charge on any atom is 0.339 e. The van der Waals surface area contributed by atoms with Crippen molar-refractivity contribution in [1.29, 1.82) is 0 Å². The Kier molecular flexibility index (Phi) is 3.85. The fraction of sp³-hybridized carbons (Fsp3) is 0.235. The summed E-state index contributed by atoms with van der Waals surface area (Å²) in [5.74, 6) is 0.233. The third-order valence-corrected chi connectivity index (χ3v) is 5.09. The molecular weight excluding hydrogens is 314 g/mol. The molecule has 23 heavy (non-hydrogen) atoms. The Labute approximate surface area is 135 Å². The van der Waals surface area contributed by atoms with Crippen LogP contribution in [0.5, 0.6) is 5.75 Å². The minimum Gasteiger partial charge on any atom is -0.379 e. The minimum absolute atomic E-state index is 0.0461. The molecule has 0 atom stereocenters. The highest BCUT2D eigenvalue weighted by molar-refractivity contribution is 7.87. The van der Waals surface area contributed by atoms with Gasteiger partial charge in [0.25, 0.3) is 0 Å². The lowest BCUT2D eigenvalue weighted by Gasteiger charge is -2.15. The highest BCUT2D eigenvalue weighted by Gasteiger charge is 2.25. The van der Waals surface area contributed by atoms with Gasteiger partial charge >= 0.3 is 10.1 Å². The van der Waals surface area contributed by atoms with Crippen LogP contribution in [0.25, 0.3) is 0 Å². The summed E-state index contributed by atoms with van der Waals surface area (Å²) in [6.45, 7) is 3.99. The van der Waals surface area contributed by atoms with E-state index in [1.54, 1.807) is 41.3 Å². The van der Waals surface area contributed by atoms with E-state index in [1.807, 2.05) is 6.92 Å². The largest absolute Gasteiger partial charge is 0.379 e. The molecule has 0 N–H and O–H groups in total. The Morgan fingerprint density at radius 3 is 2.48 bits per heavy atom. The van der Waals surface area contributed by atoms with E-state index in [9.17, 15) is 13.2 Å². The fourth-order valence-corrected chi connectivity index (χ4v) is 3.61. The van der Waals surface area contributed by atoms with Crippen molar-refractivity contribution in [3.8, 4) is 5.75 Å². The molecule has 5 nitrogen and oxygen atoms in total. The molecule has 1 heterocycles. The molecule has 0 aliphatic carbocycles. The molecule has 2 aromatic carbocycles. The van der Waals surface area contributed by atoms with Crippen LogP contribution in [0.3, 0.4) is 0 Å². The highest BCUT2D eigenvalue weighted by atomic mass is 32.2. The number of carbonyl (C=O) groups is 1. The van der Waals surface area contributed by atoms with Crippen molar-refractivity contribution in [2.75, 3.05) is 11.4 Å². The van der Waals surface area contributed by atoms with Crippen molar-refractivity contribution in [2.24, 2.45) is 0 Å². The molecule has 0 saturated carbocycles. The fourth-order valence-electron chi connectivity index (χ4n) is 2.63. The lowest BCUT2D eigenvalue weighted by atomic mass is 10.2. The Morgan fingerprint density at radius 2 is 1.83 bits per heavy atom. The number of rotatable bonds is 3. The smallest absolute Gasteiger partial charge is 0.339 e. The van der Waals surface area contributed by atoms with Crippen LogP contribution in [0.1, 0.15) is 18.1 Å². The third kappa shape index (κ3) is 3.07. The number of amides is 1. The third-order valence-electron chi connectivity index (χ3n) is 3.84. The number of hydrogen-bond acceptors (Lipinski definition) is 4. The van der Waals surface area contributed by atoms with Gasteiger partial charge in [0, 0.05) is 19.2 Å². The molecule has 6 heteroatoms. The van der Waals surface area contributed by atoms with Crippen molar-refractivity contribution in [3.63, 3.8) is 0 Å². The normalized spacial score (nSPS) is 13.7. The molecular formula is C17H17NO4S. The molecule has 0 saturated heterocycles. The van der Waals surface area contributed by atoms with Gasteiger partial charge in [0.2, 0.25) is 5.91 Å². The highest BCUT2D eigenvalue weighted by Crippen LogP contribution is 2.31. The second-order valence-corrected chi connectivity index (χ2v) is 7.11. The Hall–Kier alpha value is -2.34. The summed E-state index contributed by atoms with van der Waals surface area (Å²) in [6.07, 6.45) is 0.642. The van der Waals surface area contributed by atoms with Crippen molar-refractivity contribution in [1.82, 2.24) is 0 Å². The predicted octanol–water partition coefficient (Wildman–Crippen LogP) is 2.67.